The summed E-state index contributed by atoms with van der Waals surface area (Å²) in [4.78, 5) is 21.1. The first-order valence-electron chi connectivity index (χ1n) is 20.1. The summed E-state index contributed by atoms with van der Waals surface area (Å²) in [5.41, 5.74) is 5.48. The van der Waals surface area contributed by atoms with E-state index in [1.807, 2.05) is 36.4 Å². The molecule has 0 aliphatic carbocycles. The van der Waals surface area contributed by atoms with Crippen LogP contribution in [0.25, 0.3) is 12.2 Å². The van der Waals surface area contributed by atoms with Gasteiger partial charge in [-0.05, 0) is 59.5 Å². The van der Waals surface area contributed by atoms with Crippen LogP contribution in [0, 0.1) is 0 Å². The minimum Gasteiger partial charge on any atom is -0.496 e. The number of nitrogens with one attached hydrogen (secondary N) is 1. The van der Waals surface area contributed by atoms with Gasteiger partial charge in [-0.3, -0.25) is 4.79 Å². The quantitative estimate of drug-likeness (QED) is 0.0634. The first kappa shape index (κ1) is 50.1. The number of rotatable bonds is 18. The third-order valence-electron chi connectivity index (χ3n) is 9.96. The molecule has 1 aliphatic rings. The molecule has 1 heterocycles. The Labute approximate surface area is 380 Å². The second-order valence-electron chi connectivity index (χ2n) is 13.7. The zero-order chi connectivity index (χ0) is 47.3. The molecule has 0 bridgehead atoms. The number of hydrogen-bond donors (Lipinski definition) is 2. The summed E-state index contributed by atoms with van der Waals surface area (Å²) in [5.74, 6) is 5.52. The van der Waals surface area contributed by atoms with Crippen LogP contribution in [0.1, 0.15) is 44.2 Å². The largest absolute Gasteiger partial charge is 0.496 e. The van der Waals surface area contributed by atoms with Gasteiger partial charge in [0, 0.05) is 41.9 Å². The van der Waals surface area contributed by atoms with E-state index in [-0.39, 0.29) is 6.04 Å². The summed E-state index contributed by atoms with van der Waals surface area (Å²) in [6.07, 6.45) is 8.27. The van der Waals surface area contributed by atoms with Gasteiger partial charge in [0.1, 0.15) is 23.9 Å². The lowest BCUT2D eigenvalue weighted by atomic mass is 9.93. The maximum Gasteiger partial charge on any atom is 0.328 e. The Morgan fingerprint density at radius 1 is 0.554 bits per heavy atom. The fraction of sp³-hybridized carbons (Fsp3) is 0.280. The monoisotopic (exact) mass is 895 g/mol. The van der Waals surface area contributed by atoms with Crippen LogP contribution in [0.4, 0.5) is 0 Å². The number of benzene rings is 5. The van der Waals surface area contributed by atoms with Crippen molar-refractivity contribution in [3.8, 4) is 63.2 Å². The molecule has 15 nitrogen and oxygen atoms in total. The average molecular weight is 896 g/mol. The van der Waals surface area contributed by atoms with Crippen LogP contribution in [0.5, 0.6) is 63.2 Å². The number of carbonyl (C=O) groups excluding carboxylic acids is 1. The number of fused-ring (bicyclic) bond motifs is 1. The number of ether oxygens (including phenoxy) is 11. The number of methoxy groups -OCH3 is 10. The highest BCUT2D eigenvalue weighted by Crippen LogP contribution is 2.39. The maximum atomic E-state index is 10.7. The van der Waals surface area contributed by atoms with Gasteiger partial charge >= 0.3 is 5.97 Å². The molecule has 6 rings (SSSR count). The molecule has 2 N–H and O–H groups in total. The van der Waals surface area contributed by atoms with Crippen molar-refractivity contribution in [1.82, 2.24) is 5.32 Å². The average Bonchev–Trinajstić information content (AvgIpc) is 3.35. The fourth-order valence-electron chi connectivity index (χ4n) is 6.65. The Balaban J connectivity index is 0.000000248. The van der Waals surface area contributed by atoms with Crippen LogP contribution in [0.15, 0.2) is 91.0 Å². The molecular formula is C50H57NO14. The smallest absolute Gasteiger partial charge is 0.328 e. The van der Waals surface area contributed by atoms with Gasteiger partial charge in [0.25, 0.3) is 0 Å². The van der Waals surface area contributed by atoms with E-state index in [4.69, 9.17) is 57.2 Å². The zero-order valence-electron chi connectivity index (χ0n) is 38.3. The van der Waals surface area contributed by atoms with Crippen LogP contribution >= 0.6 is 0 Å². The van der Waals surface area contributed by atoms with Crippen molar-refractivity contribution in [3.63, 3.8) is 0 Å². The highest BCUT2D eigenvalue weighted by Gasteiger charge is 2.22. The van der Waals surface area contributed by atoms with Gasteiger partial charge in [-0.1, -0.05) is 42.5 Å². The molecule has 0 spiro atoms. The second-order valence-corrected chi connectivity index (χ2v) is 13.7. The van der Waals surface area contributed by atoms with Gasteiger partial charge in [-0.15, -0.1) is 0 Å². The van der Waals surface area contributed by atoms with Crippen LogP contribution < -0.4 is 57.4 Å². The predicted molar refractivity (Wildman–Crippen MR) is 248 cm³/mol. The van der Waals surface area contributed by atoms with Crippen molar-refractivity contribution in [2.45, 2.75) is 19.1 Å². The Hall–Kier alpha value is -7.52. The topological polar surface area (TPSA) is 168 Å². The molecule has 5 aromatic carbocycles. The van der Waals surface area contributed by atoms with E-state index < -0.39 is 5.97 Å². The number of carboxylic acids is 1. The lowest BCUT2D eigenvalue weighted by Gasteiger charge is -2.26. The standard InChI is InChI=1S/C28H31NO5.C12H14O5.C10H12O4/c1-30-24-17-27(33-4)25(31-2)15-21(24)10-11-23-22-16-26(32-3)28(14-20(22)12-13-29-23)34-18-19-8-6-5-7-9-19;1-15-9-7-11(17-3)10(16-2)6-8(9)4-5-12(13)14;1-12-8-5-10(14-3)9(13-2)4-7(8)6-11/h5-11,14-17,23,29H,12-13,18H2,1-4H3;4-7H,1-3H3,(H,13,14);4-6H,1-3H3/b11-10+;5-4+;. The SMILES string of the molecule is COc1cc(OC)c(OC)cc1/C=C/C(=O)O.COc1cc(OC)c(OC)cc1/C=C/C1NCCc2cc(OCc3ccccc3)c(OC)cc21.COc1cc(OC)c(OC)cc1C=O. The first-order valence-corrected chi connectivity index (χ1v) is 20.1. The van der Waals surface area contributed by atoms with Crippen LogP contribution in [0.2, 0.25) is 0 Å². The van der Waals surface area contributed by atoms with Crippen LogP contribution in [0.3, 0.4) is 0 Å². The minimum absolute atomic E-state index is 0.0265. The van der Waals surface area contributed by atoms with E-state index in [1.54, 1.807) is 52.7 Å². The molecule has 0 radical (unpaired) electrons. The summed E-state index contributed by atoms with van der Waals surface area (Å²) < 4.78 is 58.7. The van der Waals surface area contributed by atoms with E-state index in [2.05, 4.69) is 35.7 Å². The fourth-order valence-corrected chi connectivity index (χ4v) is 6.65. The Morgan fingerprint density at radius 3 is 1.45 bits per heavy atom. The van der Waals surface area contributed by atoms with Crippen LogP contribution in [-0.2, 0) is 17.8 Å². The molecular weight excluding hydrogens is 839 g/mol. The second kappa shape index (κ2) is 25.6. The molecule has 1 aliphatic heterocycles. The first-order chi connectivity index (χ1) is 31.5. The van der Waals surface area contributed by atoms with Crippen molar-refractivity contribution in [1.29, 1.82) is 0 Å². The minimum atomic E-state index is -1.03. The number of aldehydes is 1. The Bertz CT molecular complexity index is 2400. The third kappa shape index (κ3) is 13.5. The van der Waals surface area contributed by atoms with Gasteiger partial charge in [-0.2, -0.15) is 0 Å². The van der Waals surface area contributed by atoms with Gasteiger partial charge in [0.2, 0.25) is 0 Å². The maximum absolute atomic E-state index is 10.7. The Kier molecular flexibility index (Phi) is 19.7. The summed E-state index contributed by atoms with van der Waals surface area (Å²) in [7, 11) is 15.6. The lowest BCUT2D eigenvalue weighted by molar-refractivity contribution is -0.131. The van der Waals surface area contributed by atoms with Gasteiger partial charge in [0.15, 0.2) is 52.3 Å². The van der Waals surface area contributed by atoms with Gasteiger partial charge in [0.05, 0.1) is 82.7 Å². The molecule has 0 saturated carbocycles. The normalized spacial score (nSPS) is 12.6. The molecule has 0 aromatic heterocycles. The van der Waals surface area contributed by atoms with E-state index >= 15 is 0 Å². The van der Waals surface area contributed by atoms with Gasteiger partial charge in [-0.25, -0.2) is 4.79 Å². The van der Waals surface area contributed by atoms with E-state index in [0.29, 0.717) is 75.8 Å². The molecule has 5 aromatic rings. The van der Waals surface area contributed by atoms with E-state index in [0.717, 1.165) is 41.7 Å². The van der Waals surface area contributed by atoms with Crippen molar-refractivity contribution in [2.24, 2.45) is 0 Å². The van der Waals surface area contributed by atoms with Crippen molar-refractivity contribution in [3.05, 3.63) is 124 Å². The predicted octanol–water partition coefficient (Wildman–Crippen LogP) is 8.54. The Morgan fingerprint density at radius 2 is 0.985 bits per heavy atom. The van der Waals surface area contributed by atoms with Gasteiger partial charge < -0.3 is 62.5 Å². The molecule has 0 amide bonds. The molecule has 15 heteroatoms. The summed E-state index contributed by atoms with van der Waals surface area (Å²) in [6, 6.07) is 24.6. The van der Waals surface area contributed by atoms with E-state index in [9.17, 15) is 9.59 Å². The summed E-state index contributed by atoms with van der Waals surface area (Å²) >= 11 is 0. The molecule has 1 atom stereocenters. The third-order valence-corrected chi connectivity index (χ3v) is 9.96. The zero-order valence-corrected chi connectivity index (χ0v) is 38.3. The summed E-state index contributed by atoms with van der Waals surface area (Å²) in [5, 5.41) is 12.2. The molecule has 0 saturated heterocycles. The van der Waals surface area contributed by atoms with Crippen molar-refractivity contribution < 1.29 is 66.8 Å². The van der Waals surface area contributed by atoms with E-state index in [1.165, 1.54) is 59.9 Å². The number of aliphatic carboxylic acids is 1. The van der Waals surface area contributed by atoms with Crippen molar-refractivity contribution in [2.75, 3.05) is 77.6 Å². The number of carboxylic acid groups (broad SMARTS) is 1. The number of hydrogen-bond acceptors (Lipinski definition) is 14. The molecule has 0 fully saturated rings. The highest BCUT2D eigenvalue weighted by molar-refractivity contribution is 5.86. The lowest BCUT2D eigenvalue weighted by Crippen LogP contribution is -2.28. The molecule has 346 valence electrons. The summed E-state index contributed by atoms with van der Waals surface area (Å²) in [6.45, 7) is 1.37. The molecule has 1 unspecified atom stereocenters. The number of carbonyl (C=O) groups is 2. The molecule has 65 heavy (non-hydrogen) atoms. The van der Waals surface area contributed by atoms with Crippen LogP contribution in [-0.4, -0.2) is 95.0 Å². The van der Waals surface area contributed by atoms with Crippen molar-refractivity contribution >= 4 is 24.4 Å². The highest BCUT2D eigenvalue weighted by atomic mass is 16.5.